The molecule has 108 valence electrons. The molecular formula is C15H25ClN2O. The minimum atomic E-state index is 0.449. The first-order valence-corrected chi connectivity index (χ1v) is 7.26. The van der Waals surface area contributed by atoms with Crippen molar-refractivity contribution >= 4 is 17.3 Å². The van der Waals surface area contributed by atoms with Crippen LogP contribution in [0.3, 0.4) is 0 Å². The second-order valence-corrected chi connectivity index (χ2v) is 5.13. The Hall–Kier alpha value is -0.770. The highest BCUT2D eigenvalue weighted by Gasteiger charge is 2.17. The molecule has 0 fully saturated rings. The van der Waals surface area contributed by atoms with Gasteiger partial charge in [0.15, 0.2) is 0 Å². The Morgan fingerprint density at radius 2 is 2.16 bits per heavy atom. The quantitative estimate of drug-likeness (QED) is 0.797. The van der Waals surface area contributed by atoms with Gasteiger partial charge in [-0.15, -0.1) is 0 Å². The van der Waals surface area contributed by atoms with Crippen LogP contribution in [0.1, 0.15) is 25.8 Å². The maximum absolute atomic E-state index is 6.32. The molecule has 1 unspecified atom stereocenters. The minimum absolute atomic E-state index is 0.449. The largest absolute Gasteiger partial charge is 0.383 e. The Bertz CT molecular complexity index is 384. The molecule has 0 heterocycles. The first-order valence-electron chi connectivity index (χ1n) is 6.88. The molecule has 0 aliphatic carbocycles. The lowest BCUT2D eigenvalue weighted by atomic mass is 10.1. The third-order valence-electron chi connectivity index (χ3n) is 3.46. The number of hydrogen-bond donors (Lipinski definition) is 1. The van der Waals surface area contributed by atoms with E-state index in [-0.39, 0.29) is 0 Å². The van der Waals surface area contributed by atoms with Crippen LogP contribution in [0, 0.1) is 0 Å². The van der Waals surface area contributed by atoms with Gasteiger partial charge in [-0.3, -0.25) is 0 Å². The zero-order chi connectivity index (χ0) is 14.3. The third kappa shape index (κ3) is 4.37. The van der Waals surface area contributed by atoms with Crippen molar-refractivity contribution in [1.29, 1.82) is 0 Å². The van der Waals surface area contributed by atoms with Gasteiger partial charge < -0.3 is 15.4 Å². The second-order valence-electron chi connectivity index (χ2n) is 4.72. The first kappa shape index (κ1) is 16.3. The van der Waals surface area contributed by atoms with E-state index < -0.39 is 0 Å². The Kier molecular flexibility index (Phi) is 7.21. The van der Waals surface area contributed by atoms with Crippen LogP contribution in [0.25, 0.3) is 0 Å². The van der Waals surface area contributed by atoms with Crippen molar-refractivity contribution in [2.24, 2.45) is 5.73 Å². The Balaban J connectivity index is 3.09. The number of nitrogens with two attached hydrogens (primary N) is 1. The zero-order valence-corrected chi connectivity index (χ0v) is 12.9. The average Bonchev–Trinajstić information content (AvgIpc) is 2.42. The molecule has 0 aliphatic heterocycles. The molecule has 0 aromatic heterocycles. The summed E-state index contributed by atoms with van der Waals surface area (Å²) in [5.41, 5.74) is 8.03. The van der Waals surface area contributed by atoms with Gasteiger partial charge in [-0.05, 0) is 44.0 Å². The van der Waals surface area contributed by atoms with E-state index in [4.69, 9.17) is 22.1 Å². The summed E-state index contributed by atoms with van der Waals surface area (Å²) in [7, 11) is 1.73. The van der Waals surface area contributed by atoms with Gasteiger partial charge in [-0.1, -0.05) is 24.6 Å². The molecule has 1 aromatic carbocycles. The van der Waals surface area contributed by atoms with Crippen molar-refractivity contribution in [1.82, 2.24) is 0 Å². The average molecular weight is 285 g/mol. The molecule has 1 atom stereocenters. The van der Waals surface area contributed by atoms with E-state index in [2.05, 4.69) is 24.8 Å². The standard InChI is InChI=1S/C15H25ClN2O/c1-4-12(2)18(10-11-19-3)15-7-5-6-14(16)13(15)8-9-17/h5-7,12H,4,8-11,17H2,1-3H3. The molecule has 0 aliphatic rings. The molecule has 0 spiro atoms. The van der Waals surface area contributed by atoms with Crippen LogP contribution < -0.4 is 10.6 Å². The van der Waals surface area contributed by atoms with Gasteiger partial charge in [0, 0.05) is 30.4 Å². The monoisotopic (exact) mass is 284 g/mol. The van der Waals surface area contributed by atoms with Gasteiger partial charge in [0.05, 0.1) is 6.61 Å². The SMILES string of the molecule is CCC(C)N(CCOC)c1cccc(Cl)c1CCN. The predicted octanol–water partition coefficient (Wildman–Crippen LogP) is 3.09. The maximum Gasteiger partial charge on any atom is 0.0637 e. The summed E-state index contributed by atoms with van der Waals surface area (Å²) in [6, 6.07) is 6.50. The van der Waals surface area contributed by atoms with Crippen molar-refractivity contribution in [3.8, 4) is 0 Å². The number of benzene rings is 1. The van der Waals surface area contributed by atoms with Crippen molar-refractivity contribution in [3.05, 3.63) is 28.8 Å². The van der Waals surface area contributed by atoms with E-state index in [1.54, 1.807) is 7.11 Å². The van der Waals surface area contributed by atoms with E-state index in [0.29, 0.717) is 19.2 Å². The van der Waals surface area contributed by atoms with Gasteiger partial charge in [0.25, 0.3) is 0 Å². The Morgan fingerprint density at radius 1 is 1.42 bits per heavy atom. The van der Waals surface area contributed by atoms with Gasteiger partial charge in [0.2, 0.25) is 0 Å². The maximum atomic E-state index is 6.32. The number of halogens is 1. The molecule has 1 rings (SSSR count). The van der Waals surface area contributed by atoms with E-state index in [9.17, 15) is 0 Å². The highest BCUT2D eigenvalue weighted by Crippen LogP contribution is 2.29. The van der Waals surface area contributed by atoms with Crippen molar-refractivity contribution < 1.29 is 4.74 Å². The summed E-state index contributed by atoms with van der Waals surface area (Å²) in [6.07, 6.45) is 1.88. The lowest BCUT2D eigenvalue weighted by molar-refractivity contribution is 0.203. The molecule has 0 saturated heterocycles. The summed E-state index contributed by atoms with van der Waals surface area (Å²) in [4.78, 5) is 2.36. The van der Waals surface area contributed by atoms with Crippen LogP contribution in [-0.2, 0) is 11.2 Å². The highest BCUT2D eigenvalue weighted by atomic mass is 35.5. The fourth-order valence-electron chi connectivity index (χ4n) is 2.20. The number of nitrogens with zero attached hydrogens (tertiary/aromatic N) is 1. The lowest BCUT2D eigenvalue weighted by Gasteiger charge is -2.32. The van der Waals surface area contributed by atoms with E-state index in [1.165, 1.54) is 5.69 Å². The van der Waals surface area contributed by atoms with Crippen LogP contribution in [-0.4, -0.2) is 32.8 Å². The van der Waals surface area contributed by atoms with Gasteiger partial charge in [-0.25, -0.2) is 0 Å². The number of ether oxygens (including phenoxy) is 1. The zero-order valence-electron chi connectivity index (χ0n) is 12.2. The Morgan fingerprint density at radius 3 is 2.74 bits per heavy atom. The lowest BCUT2D eigenvalue weighted by Crippen LogP contribution is -2.36. The molecule has 0 saturated carbocycles. The van der Waals surface area contributed by atoms with Crippen molar-refractivity contribution in [3.63, 3.8) is 0 Å². The highest BCUT2D eigenvalue weighted by molar-refractivity contribution is 6.31. The second kappa shape index (κ2) is 8.41. The Labute approximate surface area is 121 Å². The summed E-state index contributed by atoms with van der Waals surface area (Å²) >= 11 is 6.32. The number of hydrogen-bond acceptors (Lipinski definition) is 3. The van der Waals surface area contributed by atoms with Crippen molar-refractivity contribution in [2.45, 2.75) is 32.7 Å². The normalized spacial score (nSPS) is 12.5. The smallest absolute Gasteiger partial charge is 0.0637 e. The van der Waals surface area contributed by atoms with Crippen LogP contribution in [0.4, 0.5) is 5.69 Å². The summed E-state index contributed by atoms with van der Waals surface area (Å²) < 4.78 is 5.22. The van der Waals surface area contributed by atoms with Gasteiger partial charge in [-0.2, -0.15) is 0 Å². The van der Waals surface area contributed by atoms with E-state index in [0.717, 1.165) is 30.0 Å². The van der Waals surface area contributed by atoms with Gasteiger partial charge in [0.1, 0.15) is 0 Å². The first-order chi connectivity index (χ1) is 9.15. The third-order valence-corrected chi connectivity index (χ3v) is 3.81. The number of methoxy groups -OCH3 is 1. The summed E-state index contributed by atoms with van der Waals surface area (Å²) in [6.45, 7) is 6.60. The van der Waals surface area contributed by atoms with Crippen LogP contribution in [0.5, 0.6) is 0 Å². The summed E-state index contributed by atoms with van der Waals surface area (Å²) in [5, 5.41) is 0.800. The molecule has 4 heteroatoms. The number of rotatable bonds is 8. The molecule has 1 aromatic rings. The molecule has 0 bridgehead atoms. The fourth-order valence-corrected chi connectivity index (χ4v) is 2.46. The molecule has 0 amide bonds. The predicted molar refractivity (Wildman–Crippen MR) is 83.2 cm³/mol. The van der Waals surface area contributed by atoms with Crippen molar-refractivity contribution in [2.75, 3.05) is 31.7 Å². The molecule has 2 N–H and O–H groups in total. The molecule has 19 heavy (non-hydrogen) atoms. The topological polar surface area (TPSA) is 38.5 Å². The van der Waals surface area contributed by atoms with E-state index >= 15 is 0 Å². The summed E-state index contributed by atoms with van der Waals surface area (Å²) in [5.74, 6) is 0. The van der Waals surface area contributed by atoms with Crippen LogP contribution in [0.15, 0.2) is 18.2 Å². The van der Waals surface area contributed by atoms with Crippen LogP contribution in [0.2, 0.25) is 5.02 Å². The fraction of sp³-hybridized carbons (Fsp3) is 0.600. The van der Waals surface area contributed by atoms with Crippen LogP contribution >= 0.6 is 11.6 Å². The molecular weight excluding hydrogens is 260 g/mol. The number of anilines is 1. The molecule has 3 nitrogen and oxygen atoms in total. The molecule has 0 radical (unpaired) electrons. The minimum Gasteiger partial charge on any atom is -0.383 e. The van der Waals surface area contributed by atoms with Gasteiger partial charge >= 0.3 is 0 Å². The van der Waals surface area contributed by atoms with E-state index in [1.807, 2.05) is 12.1 Å².